The molecule has 5 aromatic rings. The third-order valence-corrected chi connectivity index (χ3v) is 5.84. The number of nitrogens with one attached hydrogen (secondary N) is 2. The molecule has 6 heterocycles. The van der Waals surface area contributed by atoms with E-state index in [2.05, 4.69) is 42.2 Å². The van der Waals surface area contributed by atoms with Gasteiger partial charge in [-0.2, -0.15) is 5.10 Å². The zero-order valence-corrected chi connectivity index (χ0v) is 16.5. The maximum Gasteiger partial charge on any atom is 0.139 e. The Morgan fingerprint density at radius 2 is 1.77 bits per heavy atom. The van der Waals surface area contributed by atoms with Gasteiger partial charge in [-0.05, 0) is 55.7 Å². The maximum atomic E-state index is 4.89. The van der Waals surface area contributed by atoms with Crippen LogP contribution in [0.5, 0.6) is 0 Å². The molecule has 0 atom stereocenters. The first kappa shape index (κ1) is 17.1. The van der Waals surface area contributed by atoms with Gasteiger partial charge < -0.3 is 9.88 Å². The lowest BCUT2D eigenvalue weighted by Crippen LogP contribution is -2.29. The van der Waals surface area contributed by atoms with Crippen molar-refractivity contribution in [1.29, 1.82) is 0 Å². The van der Waals surface area contributed by atoms with Gasteiger partial charge in [0.2, 0.25) is 0 Å². The number of nitrogens with zero attached hydrogens (tertiary/aromatic N) is 5. The Balaban J connectivity index is 1.47. The van der Waals surface area contributed by atoms with Crippen molar-refractivity contribution in [3.8, 4) is 22.6 Å². The SMILES string of the molecule is c1cc(-c2ccc3[nH]nc(-c4cc5c(N6CCCCC6)ccnc5[nH]4)c3n2)ccn1. The van der Waals surface area contributed by atoms with E-state index < -0.39 is 0 Å². The van der Waals surface area contributed by atoms with Gasteiger partial charge in [-0.1, -0.05) is 0 Å². The Bertz CT molecular complexity index is 1330. The molecular formula is C23H21N7. The fraction of sp³-hybridized carbons (Fsp3) is 0.217. The number of aromatic amines is 2. The Kier molecular flexibility index (Phi) is 3.97. The van der Waals surface area contributed by atoms with E-state index in [1.54, 1.807) is 12.4 Å². The fourth-order valence-electron chi connectivity index (χ4n) is 4.32. The van der Waals surface area contributed by atoms with Crippen molar-refractivity contribution in [2.75, 3.05) is 18.0 Å². The molecule has 0 amide bonds. The van der Waals surface area contributed by atoms with Crippen LogP contribution in [0.3, 0.4) is 0 Å². The fourth-order valence-corrected chi connectivity index (χ4v) is 4.32. The predicted octanol–water partition coefficient (Wildman–Crippen LogP) is 4.55. The summed E-state index contributed by atoms with van der Waals surface area (Å²) < 4.78 is 0. The highest BCUT2D eigenvalue weighted by atomic mass is 15.1. The number of anilines is 1. The van der Waals surface area contributed by atoms with Gasteiger partial charge in [0.15, 0.2) is 0 Å². The normalized spacial score (nSPS) is 14.6. The molecule has 148 valence electrons. The topological polar surface area (TPSA) is 86.4 Å². The number of fused-ring (bicyclic) bond motifs is 2. The van der Waals surface area contributed by atoms with Gasteiger partial charge in [0.25, 0.3) is 0 Å². The summed E-state index contributed by atoms with van der Waals surface area (Å²) in [5, 5.41) is 8.81. The Morgan fingerprint density at radius 1 is 0.900 bits per heavy atom. The first-order chi connectivity index (χ1) is 14.9. The van der Waals surface area contributed by atoms with E-state index in [9.17, 15) is 0 Å². The van der Waals surface area contributed by atoms with Gasteiger partial charge in [0.05, 0.1) is 16.9 Å². The molecule has 7 nitrogen and oxygen atoms in total. The minimum atomic E-state index is 0.809. The van der Waals surface area contributed by atoms with Crippen LogP contribution in [0.1, 0.15) is 19.3 Å². The average Bonchev–Trinajstić information content (AvgIpc) is 3.43. The molecule has 1 aliphatic rings. The third-order valence-electron chi connectivity index (χ3n) is 5.84. The molecule has 0 spiro atoms. The molecule has 6 rings (SSSR count). The van der Waals surface area contributed by atoms with Crippen molar-refractivity contribution in [2.24, 2.45) is 0 Å². The molecule has 5 aromatic heterocycles. The first-order valence-electron chi connectivity index (χ1n) is 10.4. The van der Waals surface area contributed by atoms with E-state index in [-0.39, 0.29) is 0 Å². The summed E-state index contributed by atoms with van der Waals surface area (Å²) in [6, 6.07) is 12.2. The van der Waals surface area contributed by atoms with Gasteiger partial charge >= 0.3 is 0 Å². The van der Waals surface area contributed by atoms with E-state index in [4.69, 9.17) is 4.98 Å². The largest absolute Gasteiger partial charge is 0.371 e. The molecule has 0 aromatic carbocycles. The first-order valence-corrected chi connectivity index (χ1v) is 10.4. The van der Waals surface area contributed by atoms with Crippen LogP contribution in [-0.2, 0) is 0 Å². The summed E-state index contributed by atoms with van der Waals surface area (Å²) in [5.74, 6) is 0. The Morgan fingerprint density at radius 3 is 2.63 bits per heavy atom. The van der Waals surface area contributed by atoms with Gasteiger partial charge in [-0.15, -0.1) is 0 Å². The summed E-state index contributed by atoms with van der Waals surface area (Å²) in [7, 11) is 0. The van der Waals surface area contributed by atoms with Crippen molar-refractivity contribution in [1.82, 2.24) is 30.1 Å². The summed E-state index contributed by atoms with van der Waals surface area (Å²) in [5.41, 5.74) is 7.54. The summed E-state index contributed by atoms with van der Waals surface area (Å²) in [6.07, 6.45) is 9.24. The van der Waals surface area contributed by atoms with Crippen molar-refractivity contribution >= 4 is 27.8 Å². The van der Waals surface area contributed by atoms with Crippen LogP contribution in [0.4, 0.5) is 5.69 Å². The highest BCUT2D eigenvalue weighted by Gasteiger charge is 2.18. The number of hydrogen-bond donors (Lipinski definition) is 2. The number of aromatic nitrogens is 6. The number of rotatable bonds is 3. The third kappa shape index (κ3) is 2.82. The van der Waals surface area contributed by atoms with E-state index in [0.717, 1.165) is 57.8 Å². The van der Waals surface area contributed by atoms with Crippen LogP contribution in [0, 0.1) is 0 Å². The van der Waals surface area contributed by atoms with Crippen LogP contribution < -0.4 is 4.90 Å². The Hall–Kier alpha value is -3.74. The number of hydrogen-bond acceptors (Lipinski definition) is 5. The second-order valence-electron chi connectivity index (χ2n) is 7.72. The predicted molar refractivity (Wildman–Crippen MR) is 118 cm³/mol. The molecule has 2 N–H and O–H groups in total. The van der Waals surface area contributed by atoms with Crippen LogP contribution in [0.2, 0.25) is 0 Å². The molecule has 30 heavy (non-hydrogen) atoms. The molecule has 1 aliphatic heterocycles. The second kappa shape index (κ2) is 6.95. The van der Waals surface area contributed by atoms with E-state index in [0.29, 0.717) is 0 Å². The molecule has 0 aliphatic carbocycles. The second-order valence-corrected chi connectivity index (χ2v) is 7.72. The van der Waals surface area contributed by atoms with Gasteiger partial charge in [-0.3, -0.25) is 10.1 Å². The lowest BCUT2D eigenvalue weighted by molar-refractivity contribution is 0.579. The number of piperidine rings is 1. The van der Waals surface area contributed by atoms with E-state index >= 15 is 0 Å². The molecule has 1 saturated heterocycles. The summed E-state index contributed by atoms with van der Waals surface area (Å²) in [6.45, 7) is 2.20. The van der Waals surface area contributed by atoms with E-state index in [1.807, 2.05) is 30.5 Å². The van der Waals surface area contributed by atoms with Gasteiger partial charge in [0.1, 0.15) is 16.9 Å². The number of H-pyrrole nitrogens is 2. The van der Waals surface area contributed by atoms with Crippen molar-refractivity contribution in [2.45, 2.75) is 19.3 Å². The minimum absolute atomic E-state index is 0.809. The molecule has 0 saturated carbocycles. The average molecular weight is 395 g/mol. The highest BCUT2D eigenvalue weighted by molar-refractivity contribution is 5.97. The van der Waals surface area contributed by atoms with Crippen molar-refractivity contribution in [3.63, 3.8) is 0 Å². The number of pyridine rings is 3. The lowest BCUT2D eigenvalue weighted by atomic mass is 10.1. The monoisotopic (exact) mass is 395 g/mol. The van der Waals surface area contributed by atoms with Crippen molar-refractivity contribution in [3.05, 3.63) is 55.0 Å². The molecular weight excluding hydrogens is 374 g/mol. The Labute approximate surface area is 173 Å². The standard InChI is InChI=1S/C23H21N7/c1-2-12-30(13-3-1)20-8-11-25-23-16(20)14-19(27-23)22-21-18(28-29-22)5-4-17(26-21)15-6-9-24-10-7-15/h4-11,14H,1-3,12-13H2,(H,25,27)(H,28,29). The van der Waals surface area contributed by atoms with Crippen LogP contribution in [0.25, 0.3) is 44.7 Å². The highest BCUT2D eigenvalue weighted by Crippen LogP contribution is 2.33. The molecule has 0 bridgehead atoms. The van der Waals surface area contributed by atoms with Crippen LogP contribution in [-0.4, -0.2) is 43.2 Å². The quantitative estimate of drug-likeness (QED) is 0.468. The zero-order valence-electron chi connectivity index (χ0n) is 16.5. The van der Waals surface area contributed by atoms with Gasteiger partial charge in [0, 0.05) is 48.3 Å². The van der Waals surface area contributed by atoms with Gasteiger partial charge in [-0.25, -0.2) is 9.97 Å². The van der Waals surface area contributed by atoms with Crippen LogP contribution in [0.15, 0.2) is 55.0 Å². The summed E-state index contributed by atoms with van der Waals surface area (Å²) >= 11 is 0. The summed E-state index contributed by atoms with van der Waals surface area (Å²) in [4.78, 5) is 19.5. The zero-order chi connectivity index (χ0) is 19.9. The maximum absolute atomic E-state index is 4.89. The molecule has 0 unspecified atom stereocenters. The molecule has 7 heteroatoms. The van der Waals surface area contributed by atoms with E-state index in [1.165, 1.54) is 24.9 Å². The minimum Gasteiger partial charge on any atom is -0.371 e. The smallest absolute Gasteiger partial charge is 0.139 e. The lowest BCUT2D eigenvalue weighted by Gasteiger charge is -2.29. The van der Waals surface area contributed by atoms with Crippen LogP contribution >= 0.6 is 0 Å². The molecule has 0 radical (unpaired) electrons. The molecule has 1 fully saturated rings. The van der Waals surface area contributed by atoms with Crippen molar-refractivity contribution < 1.29 is 0 Å².